The van der Waals surface area contributed by atoms with E-state index in [-0.39, 0.29) is 5.41 Å². The van der Waals surface area contributed by atoms with E-state index in [1.165, 1.54) is 0 Å². The molecule has 2 aliphatic heterocycles. The van der Waals surface area contributed by atoms with Crippen LogP contribution in [0.15, 0.2) is 12.7 Å². The van der Waals surface area contributed by atoms with E-state index in [4.69, 9.17) is 0 Å². The largest absolute Gasteiger partial charge is 0.340 e. The molecule has 0 spiro atoms. The van der Waals surface area contributed by atoms with E-state index >= 15 is 0 Å². The zero-order valence-electron chi connectivity index (χ0n) is 12.2. The molecule has 2 aliphatic rings. The van der Waals surface area contributed by atoms with Crippen molar-refractivity contribution >= 4 is 5.91 Å². The quantitative estimate of drug-likeness (QED) is 0.773. The van der Waals surface area contributed by atoms with Crippen LogP contribution >= 0.6 is 0 Å². The maximum absolute atomic E-state index is 12.8. The van der Waals surface area contributed by atoms with Crippen LogP contribution < -0.4 is 5.32 Å². The van der Waals surface area contributed by atoms with Crippen LogP contribution in [0.2, 0.25) is 0 Å². The zero-order chi connectivity index (χ0) is 13.7. The molecule has 4 nitrogen and oxygen atoms in total. The molecule has 0 aromatic heterocycles. The summed E-state index contributed by atoms with van der Waals surface area (Å²) in [6.45, 7) is 12.6. The maximum Gasteiger partial charge on any atom is 0.228 e. The smallest absolute Gasteiger partial charge is 0.228 e. The highest BCUT2D eigenvalue weighted by molar-refractivity contribution is 5.83. The highest BCUT2D eigenvalue weighted by Gasteiger charge is 2.40. The van der Waals surface area contributed by atoms with Gasteiger partial charge in [-0.1, -0.05) is 13.0 Å². The highest BCUT2D eigenvalue weighted by atomic mass is 16.2. The van der Waals surface area contributed by atoms with Crippen molar-refractivity contribution in [2.75, 3.05) is 45.8 Å². The predicted octanol–water partition coefficient (Wildman–Crippen LogP) is 1.10. The summed E-state index contributed by atoms with van der Waals surface area (Å²) in [7, 11) is 0. The van der Waals surface area contributed by atoms with Crippen molar-refractivity contribution in [2.45, 2.75) is 26.2 Å². The Bertz CT molecular complexity index is 315. The molecular formula is C15H27N3O. The number of hydrogen-bond acceptors (Lipinski definition) is 3. The van der Waals surface area contributed by atoms with Crippen molar-refractivity contribution in [1.82, 2.24) is 15.1 Å². The number of amides is 1. The molecule has 19 heavy (non-hydrogen) atoms. The Labute approximate surface area is 116 Å². The molecule has 0 unspecified atom stereocenters. The van der Waals surface area contributed by atoms with Crippen LogP contribution in [-0.2, 0) is 4.79 Å². The lowest BCUT2D eigenvalue weighted by Gasteiger charge is -2.42. The second kappa shape index (κ2) is 6.53. The van der Waals surface area contributed by atoms with E-state index in [0.717, 1.165) is 65.1 Å². The van der Waals surface area contributed by atoms with Gasteiger partial charge in [-0.15, -0.1) is 6.58 Å². The molecule has 4 heteroatoms. The summed E-state index contributed by atoms with van der Waals surface area (Å²) in [6, 6.07) is 0. The Hall–Kier alpha value is -0.870. The SMILES string of the molecule is C=CCN1CCN(C(=O)C2(CC)CCNCC2)CC1. The van der Waals surface area contributed by atoms with Gasteiger partial charge in [0.1, 0.15) is 0 Å². The van der Waals surface area contributed by atoms with Gasteiger partial charge in [-0.2, -0.15) is 0 Å². The van der Waals surface area contributed by atoms with Gasteiger partial charge in [0.05, 0.1) is 5.41 Å². The van der Waals surface area contributed by atoms with Gasteiger partial charge < -0.3 is 10.2 Å². The number of hydrogen-bond donors (Lipinski definition) is 1. The monoisotopic (exact) mass is 265 g/mol. The Kier molecular flexibility index (Phi) is 4.99. The van der Waals surface area contributed by atoms with Gasteiger partial charge in [0.25, 0.3) is 0 Å². The van der Waals surface area contributed by atoms with Crippen LogP contribution in [-0.4, -0.2) is 61.5 Å². The average molecular weight is 265 g/mol. The van der Waals surface area contributed by atoms with Crippen molar-refractivity contribution in [3.05, 3.63) is 12.7 Å². The molecule has 1 amide bonds. The Morgan fingerprint density at radius 3 is 2.42 bits per heavy atom. The van der Waals surface area contributed by atoms with Crippen LogP contribution in [0.5, 0.6) is 0 Å². The van der Waals surface area contributed by atoms with E-state index in [9.17, 15) is 4.79 Å². The van der Waals surface area contributed by atoms with Crippen molar-refractivity contribution < 1.29 is 4.79 Å². The minimum Gasteiger partial charge on any atom is -0.340 e. The first-order valence-electron chi connectivity index (χ1n) is 7.55. The molecule has 2 saturated heterocycles. The van der Waals surface area contributed by atoms with Crippen molar-refractivity contribution in [2.24, 2.45) is 5.41 Å². The summed E-state index contributed by atoms with van der Waals surface area (Å²) >= 11 is 0. The van der Waals surface area contributed by atoms with Gasteiger partial charge in [-0.05, 0) is 32.4 Å². The molecule has 108 valence electrons. The van der Waals surface area contributed by atoms with E-state index in [1.807, 2.05) is 6.08 Å². The lowest BCUT2D eigenvalue weighted by atomic mass is 9.75. The first-order chi connectivity index (χ1) is 9.22. The van der Waals surface area contributed by atoms with E-state index in [2.05, 4.69) is 28.6 Å². The number of piperazine rings is 1. The fourth-order valence-electron chi connectivity index (χ4n) is 3.28. The molecule has 0 radical (unpaired) electrons. The number of rotatable bonds is 4. The Morgan fingerprint density at radius 1 is 1.26 bits per heavy atom. The van der Waals surface area contributed by atoms with Crippen LogP contribution in [0.25, 0.3) is 0 Å². The molecule has 0 aromatic carbocycles. The number of nitrogens with one attached hydrogen (secondary N) is 1. The second-order valence-electron chi connectivity index (χ2n) is 5.77. The third-order valence-corrected chi connectivity index (χ3v) is 4.74. The minimum absolute atomic E-state index is 0.0914. The fraction of sp³-hybridized carbons (Fsp3) is 0.800. The molecule has 1 N–H and O–H groups in total. The summed E-state index contributed by atoms with van der Waals surface area (Å²) in [5, 5.41) is 3.37. The van der Waals surface area contributed by atoms with Crippen LogP contribution in [0, 0.1) is 5.41 Å². The molecule has 2 fully saturated rings. The Balaban J connectivity index is 1.94. The minimum atomic E-state index is -0.0914. The lowest BCUT2D eigenvalue weighted by molar-refractivity contribution is -0.146. The summed E-state index contributed by atoms with van der Waals surface area (Å²) in [6.07, 6.45) is 4.91. The van der Waals surface area contributed by atoms with Crippen molar-refractivity contribution in [3.63, 3.8) is 0 Å². The lowest BCUT2D eigenvalue weighted by Crippen LogP contribution is -2.55. The standard InChI is InChI=1S/C15H27N3O/c1-3-9-17-10-12-18(13-11-17)14(19)15(4-2)5-7-16-8-6-15/h3,16H,1,4-13H2,2H3. The predicted molar refractivity (Wildman–Crippen MR) is 78.0 cm³/mol. The molecule has 0 aromatic rings. The van der Waals surface area contributed by atoms with E-state index in [1.54, 1.807) is 0 Å². The van der Waals surface area contributed by atoms with Gasteiger partial charge in [-0.3, -0.25) is 9.69 Å². The van der Waals surface area contributed by atoms with Gasteiger partial charge in [0.2, 0.25) is 5.91 Å². The number of carbonyl (C=O) groups is 1. The summed E-state index contributed by atoms with van der Waals surface area (Å²) in [5.74, 6) is 0.398. The molecule has 2 rings (SSSR count). The maximum atomic E-state index is 12.8. The van der Waals surface area contributed by atoms with E-state index < -0.39 is 0 Å². The van der Waals surface area contributed by atoms with Crippen molar-refractivity contribution in [3.8, 4) is 0 Å². The molecule has 0 aliphatic carbocycles. The van der Waals surface area contributed by atoms with Gasteiger partial charge in [0, 0.05) is 32.7 Å². The van der Waals surface area contributed by atoms with Crippen LogP contribution in [0.4, 0.5) is 0 Å². The topological polar surface area (TPSA) is 35.6 Å². The van der Waals surface area contributed by atoms with Crippen LogP contribution in [0.3, 0.4) is 0 Å². The van der Waals surface area contributed by atoms with Gasteiger partial charge >= 0.3 is 0 Å². The Morgan fingerprint density at radius 2 is 1.89 bits per heavy atom. The van der Waals surface area contributed by atoms with Gasteiger partial charge in [-0.25, -0.2) is 0 Å². The van der Waals surface area contributed by atoms with Gasteiger partial charge in [0.15, 0.2) is 0 Å². The number of piperidine rings is 1. The molecule has 0 bridgehead atoms. The first kappa shape index (κ1) is 14.5. The van der Waals surface area contributed by atoms with Crippen molar-refractivity contribution in [1.29, 1.82) is 0 Å². The summed E-state index contributed by atoms with van der Waals surface area (Å²) in [4.78, 5) is 17.3. The van der Waals surface area contributed by atoms with E-state index in [0.29, 0.717) is 5.91 Å². The summed E-state index contributed by atoms with van der Waals surface area (Å²) < 4.78 is 0. The fourth-order valence-corrected chi connectivity index (χ4v) is 3.28. The third kappa shape index (κ3) is 3.18. The number of carbonyl (C=O) groups excluding carboxylic acids is 1. The normalized spacial score (nSPS) is 24.2. The highest BCUT2D eigenvalue weighted by Crippen LogP contribution is 2.34. The molecule has 0 atom stereocenters. The number of nitrogens with zero attached hydrogens (tertiary/aromatic N) is 2. The molecular weight excluding hydrogens is 238 g/mol. The third-order valence-electron chi connectivity index (χ3n) is 4.74. The molecule has 2 heterocycles. The molecule has 0 saturated carbocycles. The first-order valence-corrected chi connectivity index (χ1v) is 7.55. The van der Waals surface area contributed by atoms with Crippen LogP contribution in [0.1, 0.15) is 26.2 Å². The second-order valence-corrected chi connectivity index (χ2v) is 5.77. The summed E-state index contributed by atoms with van der Waals surface area (Å²) in [5.41, 5.74) is -0.0914. The average Bonchev–Trinajstić information content (AvgIpc) is 2.48. The zero-order valence-corrected chi connectivity index (χ0v) is 12.2.